The molecule has 1 aromatic rings. The molecule has 2 rings (SSSR count). The molecule has 0 unspecified atom stereocenters. The van der Waals surface area contributed by atoms with Crippen LogP contribution in [0.3, 0.4) is 0 Å². The van der Waals surface area contributed by atoms with Crippen LogP contribution in [0.1, 0.15) is 29.5 Å². The minimum atomic E-state index is 0.137. The number of benzene rings is 1. The van der Waals surface area contributed by atoms with E-state index in [9.17, 15) is 0 Å². The lowest BCUT2D eigenvalue weighted by molar-refractivity contribution is 0.296. The van der Waals surface area contributed by atoms with E-state index in [1.165, 1.54) is 24.0 Å². The molecule has 0 aromatic heterocycles. The fourth-order valence-electron chi connectivity index (χ4n) is 2.68. The quantitative estimate of drug-likeness (QED) is 0.870. The van der Waals surface area contributed by atoms with Crippen molar-refractivity contribution in [3.05, 3.63) is 22.8 Å². The van der Waals surface area contributed by atoms with Gasteiger partial charge in [-0.25, -0.2) is 0 Å². The van der Waals surface area contributed by atoms with E-state index < -0.39 is 0 Å². The van der Waals surface area contributed by atoms with E-state index in [1.54, 1.807) is 14.2 Å². The van der Waals surface area contributed by atoms with Gasteiger partial charge in [-0.15, -0.1) is 0 Å². The van der Waals surface area contributed by atoms with E-state index in [4.69, 9.17) is 14.6 Å². The van der Waals surface area contributed by atoms with Gasteiger partial charge in [-0.2, -0.15) is 0 Å². The second-order valence-electron chi connectivity index (χ2n) is 4.41. The molecule has 3 nitrogen and oxygen atoms in total. The number of hydrogen-bond donors (Lipinski definition) is 1. The Morgan fingerprint density at radius 2 is 1.82 bits per heavy atom. The van der Waals surface area contributed by atoms with Gasteiger partial charge in [-0.1, -0.05) is 0 Å². The lowest BCUT2D eigenvalue weighted by Crippen LogP contribution is -2.10. The fourth-order valence-corrected chi connectivity index (χ4v) is 2.68. The fraction of sp³-hybridized carbons (Fsp3) is 0.571. The second-order valence-corrected chi connectivity index (χ2v) is 4.41. The predicted octanol–water partition coefficient (Wildman–Crippen LogP) is 2.12. The molecule has 1 aliphatic rings. The Morgan fingerprint density at radius 1 is 1.12 bits per heavy atom. The Morgan fingerprint density at radius 3 is 2.41 bits per heavy atom. The van der Waals surface area contributed by atoms with Gasteiger partial charge in [0.05, 0.1) is 14.2 Å². The normalized spacial score (nSPS) is 14.3. The number of methoxy groups -OCH3 is 2. The number of aliphatic hydroxyl groups is 1. The highest BCUT2D eigenvalue weighted by Crippen LogP contribution is 2.39. The molecular formula is C14H20O3. The Labute approximate surface area is 102 Å². The smallest absolute Gasteiger partial charge is 0.125 e. The second kappa shape index (κ2) is 5.41. The highest BCUT2D eigenvalue weighted by atomic mass is 16.5. The van der Waals surface area contributed by atoms with Gasteiger partial charge in [0.15, 0.2) is 0 Å². The van der Waals surface area contributed by atoms with Crippen molar-refractivity contribution in [3.63, 3.8) is 0 Å². The molecule has 94 valence electrons. The van der Waals surface area contributed by atoms with Crippen molar-refractivity contribution in [2.24, 2.45) is 0 Å². The van der Waals surface area contributed by atoms with Crippen LogP contribution in [0.25, 0.3) is 0 Å². The summed E-state index contributed by atoms with van der Waals surface area (Å²) in [7, 11) is 3.41. The van der Waals surface area contributed by atoms with Gasteiger partial charge >= 0.3 is 0 Å². The molecule has 1 aromatic carbocycles. The van der Waals surface area contributed by atoms with Crippen LogP contribution in [0, 0.1) is 0 Å². The number of fused-ring (bicyclic) bond motifs is 1. The minimum absolute atomic E-state index is 0.137. The van der Waals surface area contributed by atoms with Gasteiger partial charge in [-0.3, -0.25) is 0 Å². The van der Waals surface area contributed by atoms with Gasteiger partial charge in [-0.05, 0) is 38.2 Å². The molecule has 0 bridgehead atoms. The highest BCUT2D eigenvalue weighted by Gasteiger charge is 2.21. The minimum Gasteiger partial charge on any atom is -0.496 e. The van der Waals surface area contributed by atoms with Crippen LogP contribution < -0.4 is 9.47 Å². The Bertz CT molecular complexity index is 399. The molecule has 0 fully saturated rings. The van der Waals surface area contributed by atoms with E-state index in [-0.39, 0.29) is 6.61 Å². The first-order valence-electron chi connectivity index (χ1n) is 6.18. The van der Waals surface area contributed by atoms with E-state index in [0.717, 1.165) is 29.9 Å². The van der Waals surface area contributed by atoms with Crippen molar-refractivity contribution < 1.29 is 14.6 Å². The zero-order chi connectivity index (χ0) is 12.3. The van der Waals surface area contributed by atoms with Gasteiger partial charge in [0.2, 0.25) is 0 Å². The average molecular weight is 236 g/mol. The van der Waals surface area contributed by atoms with E-state index >= 15 is 0 Å². The summed E-state index contributed by atoms with van der Waals surface area (Å²) in [5, 5.41) is 9.11. The van der Waals surface area contributed by atoms with Crippen molar-refractivity contribution in [2.45, 2.75) is 32.1 Å². The molecule has 3 heteroatoms. The molecule has 0 saturated heterocycles. The van der Waals surface area contributed by atoms with Crippen LogP contribution in [-0.2, 0) is 19.3 Å². The van der Waals surface area contributed by atoms with Crippen LogP contribution in [0.4, 0.5) is 0 Å². The highest BCUT2D eigenvalue weighted by molar-refractivity contribution is 5.54. The monoisotopic (exact) mass is 236 g/mol. The van der Waals surface area contributed by atoms with Crippen molar-refractivity contribution in [2.75, 3.05) is 20.8 Å². The maximum absolute atomic E-state index is 9.11. The molecule has 0 saturated carbocycles. The maximum atomic E-state index is 9.11. The van der Waals surface area contributed by atoms with Crippen LogP contribution >= 0.6 is 0 Å². The molecular weight excluding hydrogens is 216 g/mol. The summed E-state index contributed by atoms with van der Waals surface area (Å²) in [5.41, 5.74) is 3.62. The predicted molar refractivity (Wildman–Crippen MR) is 67.0 cm³/mol. The lowest BCUT2D eigenvalue weighted by atomic mass is 9.88. The third-order valence-electron chi connectivity index (χ3n) is 3.44. The Hall–Kier alpha value is -1.22. The third-order valence-corrected chi connectivity index (χ3v) is 3.44. The average Bonchev–Trinajstić information content (AvgIpc) is 2.38. The summed E-state index contributed by atoms with van der Waals surface area (Å²) in [6.45, 7) is 0.137. The molecule has 0 atom stereocenters. The first-order chi connectivity index (χ1) is 8.31. The number of ether oxygens (including phenoxy) is 2. The Balaban J connectivity index is 2.54. The summed E-state index contributed by atoms with van der Waals surface area (Å²) in [6, 6.07) is 2.01. The zero-order valence-corrected chi connectivity index (χ0v) is 10.6. The summed E-state index contributed by atoms with van der Waals surface area (Å²) < 4.78 is 11.0. The van der Waals surface area contributed by atoms with Gasteiger partial charge in [0.1, 0.15) is 11.5 Å². The molecule has 0 amide bonds. The maximum Gasteiger partial charge on any atom is 0.125 e. The number of aliphatic hydroxyl groups excluding tert-OH is 1. The number of hydrogen-bond acceptors (Lipinski definition) is 3. The lowest BCUT2D eigenvalue weighted by Gasteiger charge is -2.23. The molecule has 1 aliphatic carbocycles. The van der Waals surface area contributed by atoms with E-state index in [2.05, 4.69) is 0 Å². The van der Waals surface area contributed by atoms with Crippen LogP contribution in [0.5, 0.6) is 11.5 Å². The molecule has 17 heavy (non-hydrogen) atoms. The molecule has 0 aliphatic heterocycles. The van der Waals surface area contributed by atoms with Crippen molar-refractivity contribution in [1.29, 1.82) is 0 Å². The standard InChI is InChI=1S/C14H20O3/c1-16-13-9-10(7-8-15)14(17-2)12-6-4-3-5-11(12)13/h9,15H,3-8H2,1-2H3. The van der Waals surface area contributed by atoms with Crippen molar-refractivity contribution >= 4 is 0 Å². The topological polar surface area (TPSA) is 38.7 Å². The van der Waals surface area contributed by atoms with Gasteiger partial charge in [0.25, 0.3) is 0 Å². The molecule has 0 radical (unpaired) electrons. The van der Waals surface area contributed by atoms with Gasteiger partial charge in [0, 0.05) is 23.3 Å². The zero-order valence-electron chi connectivity index (χ0n) is 10.6. The Kier molecular flexibility index (Phi) is 3.89. The third kappa shape index (κ3) is 2.25. The van der Waals surface area contributed by atoms with Crippen LogP contribution in [0.2, 0.25) is 0 Å². The van der Waals surface area contributed by atoms with E-state index in [0.29, 0.717) is 6.42 Å². The summed E-state index contributed by atoms with van der Waals surface area (Å²) >= 11 is 0. The summed E-state index contributed by atoms with van der Waals surface area (Å²) in [6.07, 6.45) is 5.15. The summed E-state index contributed by atoms with van der Waals surface area (Å²) in [4.78, 5) is 0. The van der Waals surface area contributed by atoms with Crippen molar-refractivity contribution in [1.82, 2.24) is 0 Å². The first kappa shape index (κ1) is 12.2. The van der Waals surface area contributed by atoms with Crippen LogP contribution in [0.15, 0.2) is 6.07 Å². The first-order valence-corrected chi connectivity index (χ1v) is 6.18. The number of rotatable bonds is 4. The molecule has 0 heterocycles. The van der Waals surface area contributed by atoms with Crippen LogP contribution in [-0.4, -0.2) is 25.9 Å². The van der Waals surface area contributed by atoms with Crippen molar-refractivity contribution in [3.8, 4) is 11.5 Å². The largest absolute Gasteiger partial charge is 0.496 e. The molecule has 1 N–H and O–H groups in total. The van der Waals surface area contributed by atoms with Gasteiger partial charge < -0.3 is 14.6 Å². The van der Waals surface area contributed by atoms with E-state index in [1.807, 2.05) is 6.07 Å². The molecule has 0 spiro atoms. The SMILES string of the molecule is COc1cc(CCO)c(OC)c2c1CCCC2. The summed E-state index contributed by atoms with van der Waals surface area (Å²) in [5.74, 6) is 1.90.